The number of hydrogen-bond acceptors (Lipinski definition) is 3. The minimum absolute atomic E-state index is 0.0663. The second-order valence-corrected chi connectivity index (χ2v) is 4.10. The van der Waals surface area contributed by atoms with Gasteiger partial charge in [0.2, 0.25) is 0 Å². The Kier molecular flexibility index (Phi) is 5.04. The third kappa shape index (κ3) is 4.05. The van der Waals surface area contributed by atoms with Gasteiger partial charge in [-0.2, -0.15) is 18.4 Å². The average molecular weight is 270 g/mol. The SMILES string of the molecule is CCCCC(=O)C(C#N)c1ccc(C(F)(F)F)cn1. The van der Waals surface area contributed by atoms with Crippen LogP contribution >= 0.6 is 0 Å². The Bertz CT molecular complexity index is 474. The quantitative estimate of drug-likeness (QED) is 0.823. The van der Waals surface area contributed by atoms with Gasteiger partial charge in [-0.25, -0.2) is 0 Å². The largest absolute Gasteiger partial charge is 0.417 e. The van der Waals surface area contributed by atoms with E-state index in [-0.39, 0.29) is 17.9 Å². The molecule has 0 aliphatic carbocycles. The van der Waals surface area contributed by atoms with Crippen LogP contribution in [0.25, 0.3) is 0 Å². The molecule has 0 radical (unpaired) electrons. The summed E-state index contributed by atoms with van der Waals surface area (Å²) in [4.78, 5) is 15.3. The third-order valence-corrected chi connectivity index (χ3v) is 2.64. The van der Waals surface area contributed by atoms with Crippen molar-refractivity contribution in [2.75, 3.05) is 0 Å². The van der Waals surface area contributed by atoms with Crippen molar-refractivity contribution in [1.29, 1.82) is 5.26 Å². The Morgan fingerprint density at radius 3 is 2.58 bits per heavy atom. The Hall–Kier alpha value is -1.90. The smallest absolute Gasteiger partial charge is 0.298 e. The van der Waals surface area contributed by atoms with Crippen molar-refractivity contribution in [1.82, 2.24) is 4.98 Å². The number of aromatic nitrogens is 1. The van der Waals surface area contributed by atoms with Crippen LogP contribution in [0.3, 0.4) is 0 Å². The maximum atomic E-state index is 12.4. The van der Waals surface area contributed by atoms with Gasteiger partial charge >= 0.3 is 6.18 Å². The molecule has 0 spiro atoms. The lowest BCUT2D eigenvalue weighted by Gasteiger charge is -2.09. The maximum Gasteiger partial charge on any atom is 0.417 e. The van der Waals surface area contributed by atoms with Crippen molar-refractivity contribution in [3.05, 3.63) is 29.6 Å². The van der Waals surface area contributed by atoms with Gasteiger partial charge in [0.25, 0.3) is 0 Å². The molecule has 0 aliphatic heterocycles. The zero-order valence-electron chi connectivity index (χ0n) is 10.4. The molecule has 0 fully saturated rings. The second kappa shape index (κ2) is 6.32. The minimum Gasteiger partial charge on any atom is -0.298 e. The number of pyridine rings is 1. The first-order valence-electron chi connectivity index (χ1n) is 5.85. The minimum atomic E-state index is -4.47. The average Bonchev–Trinajstić information content (AvgIpc) is 2.37. The van der Waals surface area contributed by atoms with Crippen molar-refractivity contribution < 1.29 is 18.0 Å². The molecule has 3 nitrogen and oxygen atoms in total. The number of alkyl halides is 3. The molecule has 1 rings (SSSR count). The lowest BCUT2D eigenvalue weighted by Crippen LogP contribution is -2.13. The molecule has 1 atom stereocenters. The van der Waals surface area contributed by atoms with Gasteiger partial charge in [0.1, 0.15) is 5.92 Å². The number of carbonyl (C=O) groups excluding carboxylic acids is 1. The summed E-state index contributed by atoms with van der Waals surface area (Å²) in [7, 11) is 0. The van der Waals surface area contributed by atoms with Gasteiger partial charge in [-0.05, 0) is 18.6 Å². The van der Waals surface area contributed by atoms with Crippen molar-refractivity contribution >= 4 is 5.78 Å². The molecule has 0 amide bonds. The number of nitriles is 1. The molecule has 0 bridgehead atoms. The van der Waals surface area contributed by atoms with E-state index in [4.69, 9.17) is 5.26 Å². The molecule has 0 aromatic carbocycles. The fourth-order valence-corrected chi connectivity index (χ4v) is 1.54. The van der Waals surface area contributed by atoms with E-state index in [1.165, 1.54) is 0 Å². The molecular formula is C13H13F3N2O. The van der Waals surface area contributed by atoms with Crippen LogP contribution in [0.15, 0.2) is 18.3 Å². The summed E-state index contributed by atoms with van der Waals surface area (Å²) < 4.78 is 37.1. The number of unbranched alkanes of at least 4 members (excludes halogenated alkanes) is 1. The summed E-state index contributed by atoms with van der Waals surface area (Å²) in [6.07, 6.45) is -2.13. The number of hydrogen-bond donors (Lipinski definition) is 0. The summed E-state index contributed by atoms with van der Waals surface area (Å²) in [5.74, 6) is -1.40. The molecule has 6 heteroatoms. The van der Waals surface area contributed by atoms with Crippen molar-refractivity contribution in [3.8, 4) is 6.07 Å². The van der Waals surface area contributed by atoms with Gasteiger partial charge in [-0.3, -0.25) is 9.78 Å². The highest BCUT2D eigenvalue weighted by atomic mass is 19.4. The van der Waals surface area contributed by atoms with Crippen LogP contribution in [-0.2, 0) is 11.0 Å². The lowest BCUT2D eigenvalue weighted by atomic mass is 9.97. The summed E-state index contributed by atoms with van der Waals surface area (Å²) in [6.45, 7) is 1.91. The Labute approximate surface area is 109 Å². The standard InChI is InChI=1S/C13H13F3N2O/c1-2-3-4-12(19)10(7-17)11-6-5-9(8-18-11)13(14,15)16/h5-6,8,10H,2-4H2,1H3. The first-order valence-corrected chi connectivity index (χ1v) is 5.85. The van der Waals surface area contributed by atoms with Gasteiger partial charge in [0.15, 0.2) is 5.78 Å². The molecule has 19 heavy (non-hydrogen) atoms. The second-order valence-electron chi connectivity index (χ2n) is 4.10. The number of halogens is 3. The van der Waals surface area contributed by atoms with Crippen molar-refractivity contribution in [2.24, 2.45) is 0 Å². The normalized spacial score (nSPS) is 12.8. The predicted molar refractivity (Wildman–Crippen MR) is 62.1 cm³/mol. The van der Waals surface area contributed by atoms with Gasteiger partial charge in [0, 0.05) is 12.6 Å². The first-order chi connectivity index (χ1) is 8.90. The van der Waals surface area contributed by atoms with E-state index in [1.807, 2.05) is 6.92 Å². The van der Waals surface area contributed by atoms with E-state index >= 15 is 0 Å². The molecule has 1 aromatic rings. The van der Waals surface area contributed by atoms with Crippen LogP contribution in [0, 0.1) is 11.3 Å². The molecule has 0 aliphatic rings. The first kappa shape index (κ1) is 15.2. The summed E-state index contributed by atoms with van der Waals surface area (Å²) in [5.41, 5.74) is -0.828. The van der Waals surface area contributed by atoms with E-state index in [1.54, 1.807) is 6.07 Å². The van der Waals surface area contributed by atoms with Gasteiger partial charge in [0.05, 0.1) is 17.3 Å². The number of ketones is 1. The number of carbonyl (C=O) groups is 1. The summed E-state index contributed by atoms with van der Waals surface area (Å²) >= 11 is 0. The van der Waals surface area contributed by atoms with Crippen LogP contribution in [0.5, 0.6) is 0 Å². The van der Waals surface area contributed by atoms with Crippen LogP contribution in [-0.4, -0.2) is 10.8 Å². The molecule has 102 valence electrons. The Balaban J connectivity index is 2.89. The molecule has 1 unspecified atom stereocenters. The summed E-state index contributed by atoms with van der Waals surface area (Å²) in [5, 5.41) is 8.95. The molecule has 1 aromatic heterocycles. The highest BCUT2D eigenvalue weighted by Gasteiger charge is 2.31. The number of rotatable bonds is 5. The molecular weight excluding hydrogens is 257 g/mol. The summed E-state index contributed by atoms with van der Waals surface area (Å²) in [6, 6.07) is 3.71. The topological polar surface area (TPSA) is 53.8 Å². The third-order valence-electron chi connectivity index (χ3n) is 2.64. The van der Waals surface area contributed by atoms with Crippen LogP contribution < -0.4 is 0 Å². The zero-order valence-corrected chi connectivity index (χ0v) is 10.4. The predicted octanol–water partition coefficient (Wildman–Crippen LogP) is 3.47. The van der Waals surface area contributed by atoms with Crippen molar-refractivity contribution in [2.45, 2.75) is 38.3 Å². The lowest BCUT2D eigenvalue weighted by molar-refractivity contribution is -0.137. The highest BCUT2D eigenvalue weighted by molar-refractivity contribution is 5.87. The Morgan fingerprint density at radius 2 is 2.16 bits per heavy atom. The number of nitrogens with zero attached hydrogens (tertiary/aromatic N) is 2. The van der Waals surface area contributed by atoms with Crippen LogP contribution in [0.1, 0.15) is 43.4 Å². The van der Waals surface area contributed by atoms with Gasteiger partial charge < -0.3 is 0 Å². The van der Waals surface area contributed by atoms with Crippen molar-refractivity contribution in [3.63, 3.8) is 0 Å². The Morgan fingerprint density at radius 1 is 1.47 bits per heavy atom. The van der Waals surface area contributed by atoms with Crippen LogP contribution in [0.2, 0.25) is 0 Å². The number of Topliss-reactive ketones (excluding diaryl/α,β-unsaturated/α-hetero) is 1. The van der Waals surface area contributed by atoms with Gasteiger partial charge in [-0.15, -0.1) is 0 Å². The highest BCUT2D eigenvalue weighted by Crippen LogP contribution is 2.29. The van der Waals surface area contributed by atoms with E-state index in [0.29, 0.717) is 12.6 Å². The maximum absolute atomic E-state index is 12.4. The van der Waals surface area contributed by atoms with E-state index < -0.39 is 17.7 Å². The van der Waals surface area contributed by atoms with Crippen LogP contribution in [0.4, 0.5) is 13.2 Å². The molecule has 0 N–H and O–H groups in total. The van der Waals surface area contributed by atoms with E-state index in [9.17, 15) is 18.0 Å². The van der Waals surface area contributed by atoms with E-state index in [2.05, 4.69) is 4.98 Å². The van der Waals surface area contributed by atoms with E-state index in [0.717, 1.165) is 18.6 Å². The molecule has 1 heterocycles. The fraction of sp³-hybridized carbons (Fsp3) is 0.462. The molecule has 0 saturated carbocycles. The zero-order chi connectivity index (χ0) is 14.5. The molecule has 0 saturated heterocycles. The van der Waals surface area contributed by atoms with Gasteiger partial charge in [-0.1, -0.05) is 13.3 Å². The fourth-order valence-electron chi connectivity index (χ4n) is 1.54. The monoisotopic (exact) mass is 270 g/mol.